The maximum Gasteiger partial charge on any atom is 0.0775 e. The summed E-state index contributed by atoms with van der Waals surface area (Å²) in [5, 5.41) is 1.51. The van der Waals surface area contributed by atoms with Crippen molar-refractivity contribution in [1.29, 1.82) is 0 Å². The van der Waals surface area contributed by atoms with Gasteiger partial charge in [0.15, 0.2) is 0 Å². The van der Waals surface area contributed by atoms with Crippen LogP contribution >= 0.6 is 0 Å². The highest BCUT2D eigenvalue weighted by Gasteiger charge is 2.52. The van der Waals surface area contributed by atoms with Crippen molar-refractivity contribution in [2.75, 3.05) is 0 Å². The van der Waals surface area contributed by atoms with Crippen molar-refractivity contribution in [1.82, 2.24) is 0 Å². The van der Waals surface area contributed by atoms with E-state index in [-0.39, 0.29) is 16.7 Å². The van der Waals surface area contributed by atoms with Gasteiger partial charge in [0.2, 0.25) is 0 Å². The maximum absolute atomic E-state index is 2.56. The minimum atomic E-state index is -1.45. The zero-order chi connectivity index (χ0) is 35.4. The third kappa shape index (κ3) is 4.26. The molecule has 0 fully saturated rings. The Morgan fingerprint density at radius 2 is 0.904 bits per heavy atom. The van der Waals surface area contributed by atoms with Gasteiger partial charge in [0.1, 0.15) is 0 Å². The second-order valence-corrected chi connectivity index (χ2v) is 21.9. The van der Waals surface area contributed by atoms with Crippen LogP contribution in [0.1, 0.15) is 69.8 Å². The van der Waals surface area contributed by atoms with Crippen LogP contribution in [0.5, 0.6) is 0 Å². The van der Waals surface area contributed by atoms with E-state index in [9.17, 15) is 0 Å². The lowest BCUT2D eigenvalue weighted by atomic mass is 9.68. The Balaban J connectivity index is 1.20. The Labute approximate surface area is 309 Å². The van der Waals surface area contributed by atoms with E-state index in [2.05, 4.69) is 191 Å². The molecule has 7 aromatic rings. The first-order chi connectivity index (χ1) is 25.2. The van der Waals surface area contributed by atoms with Gasteiger partial charge >= 0.3 is 0 Å². The number of benzene rings is 7. The SMILES string of the molecule is CC1(C)c2ccccc2-c2ccc(C(Cc3cccc4c3C3(c5ccccc5-c5ccccc53)c3ccccc3-4)c3ccc([Si](C)(C)C)cc3)cc21. The molecule has 1 heteroatoms. The van der Waals surface area contributed by atoms with Crippen molar-refractivity contribution >= 4 is 13.3 Å². The molecule has 1 spiro atoms. The summed E-state index contributed by atoms with van der Waals surface area (Å²) < 4.78 is 0. The highest BCUT2D eigenvalue weighted by atomic mass is 28.3. The lowest BCUT2D eigenvalue weighted by molar-refractivity contribution is 0.657. The molecule has 0 N–H and O–H groups in total. The Bertz CT molecular complexity index is 2500. The first-order valence-electron chi connectivity index (χ1n) is 19.0. The van der Waals surface area contributed by atoms with Crippen LogP contribution in [-0.2, 0) is 17.3 Å². The summed E-state index contributed by atoms with van der Waals surface area (Å²) in [5.41, 5.74) is 20.6. The molecule has 0 nitrogen and oxygen atoms in total. The van der Waals surface area contributed by atoms with Gasteiger partial charge in [0.05, 0.1) is 13.5 Å². The van der Waals surface area contributed by atoms with Crippen molar-refractivity contribution in [3.63, 3.8) is 0 Å². The molecule has 3 aliphatic carbocycles. The summed E-state index contributed by atoms with van der Waals surface area (Å²) in [5.74, 6) is 0.194. The van der Waals surface area contributed by atoms with Crippen LogP contribution in [0.15, 0.2) is 158 Å². The highest BCUT2D eigenvalue weighted by molar-refractivity contribution is 6.88. The monoisotopic (exact) mass is 684 g/mol. The van der Waals surface area contributed by atoms with Gasteiger partial charge < -0.3 is 0 Å². The quantitative estimate of drug-likeness (QED) is 0.158. The predicted octanol–water partition coefficient (Wildman–Crippen LogP) is 12.3. The average molecular weight is 685 g/mol. The molecule has 0 bridgehead atoms. The Kier molecular flexibility index (Phi) is 6.74. The Morgan fingerprint density at radius 1 is 0.442 bits per heavy atom. The zero-order valence-electron chi connectivity index (χ0n) is 30.8. The van der Waals surface area contributed by atoms with Crippen LogP contribution in [0.3, 0.4) is 0 Å². The summed E-state index contributed by atoms with van der Waals surface area (Å²) in [6.07, 6.45) is 0.918. The normalized spacial score (nSPS) is 15.7. The largest absolute Gasteiger partial charge is 0.0775 e. The van der Waals surface area contributed by atoms with Crippen LogP contribution in [-0.4, -0.2) is 8.07 Å². The van der Waals surface area contributed by atoms with Gasteiger partial charge in [-0.3, -0.25) is 0 Å². The highest BCUT2D eigenvalue weighted by Crippen LogP contribution is 2.63. The van der Waals surface area contributed by atoms with Crippen molar-refractivity contribution in [3.05, 3.63) is 208 Å². The molecule has 7 aromatic carbocycles. The second kappa shape index (κ2) is 11.1. The number of fused-ring (bicyclic) bond motifs is 13. The summed E-state index contributed by atoms with van der Waals surface area (Å²) >= 11 is 0. The van der Waals surface area contributed by atoms with Gasteiger partial charge in [0.25, 0.3) is 0 Å². The van der Waals surface area contributed by atoms with E-state index >= 15 is 0 Å². The molecule has 0 aromatic heterocycles. The van der Waals surface area contributed by atoms with Gasteiger partial charge in [-0.05, 0) is 89.9 Å². The first-order valence-corrected chi connectivity index (χ1v) is 22.5. The number of hydrogen-bond acceptors (Lipinski definition) is 0. The molecule has 0 saturated carbocycles. The summed E-state index contributed by atoms with van der Waals surface area (Å²) in [6.45, 7) is 12.1. The van der Waals surface area contributed by atoms with E-state index in [1.807, 2.05) is 0 Å². The van der Waals surface area contributed by atoms with Crippen LogP contribution < -0.4 is 5.19 Å². The minimum Gasteiger partial charge on any atom is -0.0656 e. The maximum atomic E-state index is 2.56. The molecule has 0 heterocycles. The van der Waals surface area contributed by atoms with E-state index in [0.29, 0.717) is 0 Å². The zero-order valence-corrected chi connectivity index (χ0v) is 31.8. The van der Waals surface area contributed by atoms with Gasteiger partial charge in [0, 0.05) is 11.3 Å². The molecule has 1 atom stereocenters. The fourth-order valence-electron chi connectivity index (χ4n) is 10.2. The average Bonchev–Trinajstić information content (AvgIpc) is 3.73. The topological polar surface area (TPSA) is 0 Å². The molecule has 0 saturated heterocycles. The molecule has 0 aliphatic heterocycles. The Morgan fingerprint density at radius 3 is 1.48 bits per heavy atom. The summed E-state index contributed by atoms with van der Waals surface area (Å²) in [7, 11) is -1.45. The lowest BCUT2D eigenvalue weighted by Gasteiger charge is -2.33. The van der Waals surface area contributed by atoms with E-state index < -0.39 is 8.07 Å². The van der Waals surface area contributed by atoms with Gasteiger partial charge in [-0.15, -0.1) is 0 Å². The molecule has 1 unspecified atom stereocenters. The smallest absolute Gasteiger partial charge is 0.0656 e. The van der Waals surface area contributed by atoms with Crippen LogP contribution in [0.25, 0.3) is 33.4 Å². The standard InChI is InChI=1S/C51H44Si/c1-50(2)44-21-10-6-16-37(44)41-30-27-34(32-48(41)50)43(33-25-28-36(29-26-33)52(3,4)5)31-35-15-14-20-42-40-19-9-13-24-47(40)51(49(35)42)45-22-11-7-17-38(45)39-18-8-12-23-46(39)51/h6-30,32,43H,31H2,1-5H3. The van der Waals surface area contributed by atoms with E-state index in [1.54, 1.807) is 0 Å². The first kappa shape index (κ1) is 31.5. The van der Waals surface area contributed by atoms with Crippen molar-refractivity contribution in [2.24, 2.45) is 0 Å². The van der Waals surface area contributed by atoms with Crippen molar-refractivity contribution in [3.8, 4) is 33.4 Å². The third-order valence-corrected chi connectivity index (χ3v) is 14.8. The van der Waals surface area contributed by atoms with Crippen molar-refractivity contribution < 1.29 is 0 Å². The number of hydrogen-bond donors (Lipinski definition) is 0. The summed E-state index contributed by atoms with van der Waals surface area (Å²) in [4.78, 5) is 0. The Hall–Kier alpha value is -5.24. The second-order valence-electron chi connectivity index (χ2n) is 16.8. The fraction of sp³-hybridized carbons (Fsp3) is 0.176. The van der Waals surface area contributed by atoms with E-state index in [1.165, 1.54) is 88.6 Å². The molecule has 10 rings (SSSR count). The van der Waals surface area contributed by atoms with Gasteiger partial charge in [-0.25, -0.2) is 0 Å². The molecular formula is C51H44Si. The molecular weight excluding hydrogens is 641 g/mol. The van der Waals surface area contributed by atoms with Crippen LogP contribution in [0, 0.1) is 0 Å². The number of rotatable bonds is 5. The van der Waals surface area contributed by atoms with Gasteiger partial charge in [-0.1, -0.05) is 196 Å². The van der Waals surface area contributed by atoms with E-state index in [0.717, 1.165) is 6.42 Å². The molecule has 0 amide bonds. The lowest BCUT2D eigenvalue weighted by Crippen LogP contribution is -2.37. The van der Waals surface area contributed by atoms with Crippen LogP contribution in [0.2, 0.25) is 19.6 Å². The van der Waals surface area contributed by atoms with Crippen LogP contribution in [0.4, 0.5) is 0 Å². The molecule has 52 heavy (non-hydrogen) atoms. The minimum absolute atomic E-state index is 0.0505. The molecule has 3 aliphatic rings. The summed E-state index contributed by atoms with van der Waals surface area (Å²) in [6, 6.07) is 60.8. The third-order valence-electron chi connectivity index (χ3n) is 12.7. The van der Waals surface area contributed by atoms with E-state index in [4.69, 9.17) is 0 Å². The predicted molar refractivity (Wildman–Crippen MR) is 222 cm³/mol. The fourth-order valence-corrected chi connectivity index (χ4v) is 11.4. The van der Waals surface area contributed by atoms with Gasteiger partial charge in [-0.2, -0.15) is 0 Å². The molecule has 252 valence electrons. The van der Waals surface area contributed by atoms with Crippen molar-refractivity contribution in [2.45, 2.75) is 56.7 Å². The molecule has 0 radical (unpaired) electrons.